The number of nitrogens with one attached hydrogen (secondary N) is 1. The van der Waals surface area contributed by atoms with Gasteiger partial charge in [-0.1, -0.05) is 18.2 Å². The van der Waals surface area contributed by atoms with E-state index in [1.807, 2.05) is 0 Å². The zero-order valence-corrected chi connectivity index (χ0v) is 12.8. The number of carbonyl (C=O) groups excluding carboxylic acids is 2. The van der Waals surface area contributed by atoms with Gasteiger partial charge in [-0.15, -0.1) is 0 Å². The van der Waals surface area contributed by atoms with E-state index in [0.29, 0.717) is 11.4 Å². The molecule has 120 valence electrons. The van der Waals surface area contributed by atoms with Gasteiger partial charge in [0.25, 0.3) is 0 Å². The summed E-state index contributed by atoms with van der Waals surface area (Å²) in [6.07, 6.45) is 6.04. The molecule has 2 rings (SSSR count). The minimum absolute atomic E-state index is 0.204. The fourth-order valence-corrected chi connectivity index (χ4v) is 2.40. The van der Waals surface area contributed by atoms with Gasteiger partial charge in [-0.2, -0.15) is 0 Å². The Morgan fingerprint density at radius 1 is 1.13 bits per heavy atom. The Bertz CT molecular complexity index is 689. The van der Waals surface area contributed by atoms with Crippen LogP contribution in [0.5, 0.6) is 5.75 Å². The molecule has 2 unspecified atom stereocenters. The second-order valence-electron chi connectivity index (χ2n) is 5.22. The maximum atomic E-state index is 12.1. The number of carboxylic acid groups (broad SMARTS) is 1. The van der Waals surface area contributed by atoms with E-state index in [2.05, 4.69) is 5.32 Å². The molecule has 0 aromatic heterocycles. The Kier molecular flexibility index (Phi) is 4.64. The predicted molar refractivity (Wildman–Crippen MR) is 84.2 cm³/mol. The first-order chi connectivity index (χ1) is 10.8. The molecule has 1 aliphatic rings. The Labute approximate surface area is 133 Å². The van der Waals surface area contributed by atoms with Gasteiger partial charge < -0.3 is 15.2 Å². The molecule has 0 saturated heterocycles. The minimum Gasteiger partial charge on any atom is -0.481 e. The number of carboxylic acids is 1. The third-order valence-corrected chi connectivity index (χ3v) is 3.50. The van der Waals surface area contributed by atoms with Crippen LogP contribution >= 0.6 is 0 Å². The molecule has 0 spiro atoms. The number of allylic oxidation sites excluding steroid dienone is 2. The fourth-order valence-electron chi connectivity index (χ4n) is 2.40. The van der Waals surface area contributed by atoms with Crippen molar-refractivity contribution in [1.82, 2.24) is 0 Å². The zero-order valence-electron chi connectivity index (χ0n) is 12.8. The lowest BCUT2D eigenvalue weighted by atomic mass is 9.80. The van der Waals surface area contributed by atoms with Gasteiger partial charge >= 0.3 is 5.97 Å². The molecule has 2 N–H and O–H groups in total. The van der Waals surface area contributed by atoms with Crippen LogP contribution in [-0.2, 0) is 14.4 Å². The van der Waals surface area contributed by atoms with Crippen molar-refractivity contribution < 1.29 is 24.2 Å². The molecule has 1 amide bonds. The molecule has 0 heterocycles. The first-order valence-electron chi connectivity index (χ1n) is 7.01. The molecule has 0 bridgehead atoms. The first-order valence-corrected chi connectivity index (χ1v) is 7.01. The summed E-state index contributed by atoms with van der Waals surface area (Å²) >= 11 is 0. The molecule has 1 aromatic rings. The fraction of sp³-hybridized carbons (Fsp3) is 0.235. The molecule has 0 radical (unpaired) electrons. The highest BCUT2D eigenvalue weighted by atomic mass is 16.5. The van der Waals surface area contributed by atoms with Gasteiger partial charge in [-0.25, -0.2) is 0 Å². The SMILES string of the molecule is CC(=O)Nc1ccc(OC2(C(C)=O)C=CC=CC2C(=O)O)cc1. The monoisotopic (exact) mass is 315 g/mol. The predicted octanol–water partition coefficient (Wildman–Crippen LogP) is 2.18. The van der Waals surface area contributed by atoms with Crippen LogP contribution in [0.4, 0.5) is 5.69 Å². The number of Topliss-reactive ketones (excluding diaryl/α,β-unsaturated/α-hetero) is 1. The second-order valence-corrected chi connectivity index (χ2v) is 5.22. The molecule has 2 atom stereocenters. The summed E-state index contributed by atoms with van der Waals surface area (Å²) in [5.74, 6) is -2.53. The van der Waals surface area contributed by atoms with Crippen LogP contribution in [0, 0.1) is 5.92 Å². The largest absolute Gasteiger partial charge is 0.481 e. The molecule has 0 fully saturated rings. The van der Waals surface area contributed by atoms with Crippen molar-refractivity contribution in [3.63, 3.8) is 0 Å². The van der Waals surface area contributed by atoms with E-state index in [9.17, 15) is 19.5 Å². The molecule has 0 saturated carbocycles. The Morgan fingerprint density at radius 2 is 1.78 bits per heavy atom. The summed E-state index contributed by atoms with van der Waals surface area (Å²) in [7, 11) is 0. The van der Waals surface area contributed by atoms with Crippen molar-refractivity contribution in [2.75, 3.05) is 5.32 Å². The normalized spacial score (nSPS) is 22.4. The average molecular weight is 315 g/mol. The van der Waals surface area contributed by atoms with Gasteiger partial charge in [-0.3, -0.25) is 14.4 Å². The van der Waals surface area contributed by atoms with E-state index in [1.54, 1.807) is 36.4 Å². The van der Waals surface area contributed by atoms with Crippen LogP contribution in [0.25, 0.3) is 0 Å². The average Bonchev–Trinajstić information content (AvgIpc) is 2.48. The first kappa shape index (κ1) is 16.5. The third-order valence-electron chi connectivity index (χ3n) is 3.50. The van der Waals surface area contributed by atoms with Crippen LogP contribution < -0.4 is 10.1 Å². The zero-order chi connectivity index (χ0) is 17.0. The molecular weight excluding hydrogens is 298 g/mol. The number of aliphatic carboxylic acids is 1. The van der Waals surface area contributed by atoms with Crippen LogP contribution in [-0.4, -0.2) is 28.4 Å². The number of ketones is 1. The van der Waals surface area contributed by atoms with Gasteiger partial charge in [0.1, 0.15) is 11.7 Å². The molecule has 1 aliphatic carbocycles. The van der Waals surface area contributed by atoms with Crippen LogP contribution in [0.1, 0.15) is 13.8 Å². The van der Waals surface area contributed by atoms with E-state index in [1.165, 1.54) is 26.0 Å². The van der Waals surface area contributed by atoms with Gasteiger partial charge in [0, 0.05) is 12.6 Å². The van der Waals surface area contributed by atoms with Crippen molar-refractivity contribution in [3.05, 3.63) is 48.6 Å². The minimum atomic E-state index is -1.59. The summed E-state index contributed by atoms with van der Waals surface area (Å²) in [6, 6.07) is 6.37. The third kappa shape index (κ3) is 3.48. The van der Waals surface area contributed by atoms with Crippen molar-refractivity contribution in [1.29, 1.82) is 0 Å². The Balaban J connectivity index is 2.31. The van der Waals surface area contributed by atoms with Crippen molar-refractivity contribution >= 4 is 23.3 Å². The number of rotatable bonds is 5. The highest BCUT2D eigenvalue weighted by Gasteiger charge is 2.47. The van der Waals surface area contributed by atoms with E-state index < -0.39 is 23.3 Å². The van der Waals surface area contributed by atoms with Crippen LogP contribution in [0.15, 0.2) is 48.6 Å². The lowest BCUT2D eigenvalue weighted by molar-refractivity contribution is -0.150. The highest BCUT2D eigenvalue weighted by molar-refractivity contribution is 5.94. The number of anilines is 1. The summed E-state index contributed by atoms with van der Waals surface area (Å²) in [6.45, 7) is 2.69. The van der Waals surface area contributed by atoms with Crippen molar-refractivity contribution in [2.24, 2.45) is 5.92 Å². The quantitative estimate of drug-likeness (QED) is 0.868. The van der Waals surface area contributed by atoms with Gasteiger partial charge in [0.15, 0.2) is 5.78 Å². The van der Waals surface area contributed by atoms with Gasteiger partial charge in [0.2, 0.25) is 11.5 Å². The standard InChI is InChI=1S/C17H17NO5/c1-11(19)17(10-4-3-5-15(17)16(21)22)23-14-8-6-13(7-9-14)18-12(2)20/h3-10,15H,1-2H3,(H,18,20)(H,21,22). The van der Waals surface area contributed by atoms with Crippen molar-refractivity contribution in [2.45, 2.75) is 19.4 Å². The molecular formula is C17H17NO5. The number of ether oxygens (including phenoxy) is 1. The summed E-state index contributed by atoms with van der Waals surface area (Å²) in [4.78, 5) is 34.6. The van der Waals surface area contributed by atoms with E-state index >= 15 is 0 Å². The molecule has 0 aliphatic heterocycles. The lowest BCUT2D eigenvalue weighted by Crippen LogP contribution is -2.51. The number of benzene rings is 1. The molecule has 1 aromatic carbocycles. The maximum absolute atomic E-state index is 12.1. The van der Waals surface area contributed by atoms with E-state index in [0.717, 1.165) is 0 Å². The number of carbonyl (C=O) groups is 3. The summed E-state index contributed by atoms with van der Waals surface area (Å²) in [5.41, 5.74) is -1.01. The Morgan fingerprint density at radius 3 is 2.30 bits per heavy atom. The van der Waals surface area contributed by atoms with Crippen LogP contribution in [0.2, 0.25) is 0 Å². The maximum Gasteiger partial charge on any atom is 0.315 e. The second kappa shape index (κ2) is 6.48. The smallest absolute Gasteiger partial charge is 0.315 e. The van der Waals surface area contributed by atoms with E-state index in [4.69, 9.17) is 4.74 Å². The van der Waals surface area contributed by atoms with Crippen molar-refractivity contribution in [3.8, 4) is 5.75 Å². The highest BCUT2D eigenvalue weighted by Crippen LogP contribution is 2.32. The van der Waals surface area contributed by atoms with Gasteiger partial charge in [-0.05, 0) is 37.3 Å². The number of amides is 1. The number of hydrogen-bond acceptors (Lipinski definition) is 4. The summed E-state index contributed by atoms with van der Waals surface area (Å²) < 4.78 is 5.76. The Hall–Kier alpha value is -2.89. The number of hydrogen-bond donors (Lipinski definition) is 2. The lowest BCUT2D eigenvalue weighted by Gasteiger charge is -2.34. The van der Waals surface area contributed by atoms with E-state index in [-0.39, 0.29) is 5.91 Å². The van der Waals surface area contributed by atoms with Gasteiger partial charge in [0.05, 0.1) is 0 Å². The molecule has 23 heavy (non-hydrogen) atoms. The topological polar surface area (TPSA) is 92.7 Å². The summed E-state index contributed by atoms with van der Waals surface area (Å²) in [5, 5.41) is 12.0. The molecule has 6 nitrogen and oxygen atoms in total. The molecule has 6 heteroatoms. The van der Waals surface area contributed by atoms with Crippen LogP contribution in [0.3, 0.4) is 0 Å².